The summed E-state index contributed by atoms with van der Waals surface area (Å²) in [5.41, 5.74) is -0.340. The monoisotopic (exact) mass is 308 g/mol. The molecule has 1 aromatic rings. The number of likely N-dealkylation sites (N-methyl/N-ethyl adjacent to an activating group) is 1. The van der Waals surface area contributed by atoms with Gasteiger partial charge in [-0.1, -0.05) is 0 Å². The maximum absolute atomic E-state index is 12.6. The molecule has 0 aliphatic carbocycles. The minimum absolute atomic E-state index is 0.119. The molecule has 0 spiro atoms. The number of hydrogen-bond donors (Lipinski definition) is 1. The van der Waals surface area contributed by atoms with Crippen LogP contribution in [0.2, 0.25) is 0 Å². The van der Waals surface area contributed by atoms with Gasteiger partial charge in [-0.3, -0.25) is 4.79 Å². The quantitative estimate of drug-likeness (QED) is 0.873. The maximum atomic E-state index is 12.6. The number of rotatable bonds is 5. The fourth-order valence-electron chi connectivity index (χ4n) is 2.86. The SMILES string of the molecule is COc1cc(OC)cc(C(=O)N2CC[C@](O)(CN(C)C)C2)c1. The number of benzene rings is 1. The summed E-state index contributed by atoms with van der Waals surface area (Å²) in [7, 11) is 6.92. The maximum Gasteiger partial charge on any atom is 0.254 e. The number of methoxy groups -OCH3 is 2. The van der Waals surface area contributed by atoms with E-state index in [0.717, 1.165) is 0 Å². The van der Waals surface area contributed by atoms with Gasteiger partial charge in [-0.05, 0) is 32.6 Å². The van der Waals surface area contributed by atoms with E-state index in [-0.39, 0.29) is 5.91 Å². The number of hydrogen-bond acceptors (Lipinski definition) is 5. The van der Waals surface area contributed by atoms with Gasteiger partial charge in [0, 0.05) is 24.7 Å². The predicted octanol–water partition coefficient (Wildman–Crippen LogP) is 0.842. The van der Waals surface area contributed by atoms with Crippen LogP contribution in [-0.2, 0) is 0 Å². The zero-order valence-corrected chi connectivity index (χ0v) is 13.6. The van der Waals surface area contributed by atoms with Gasteiger partial charge in [-0.25, -0.2) is 0 Å². The van der Waals surface area contributed by atoms with Gasteiger partial charge < -0.3 is 24.4 Å². The van der Waals surface area contributed by atoms with E-state index >= 15 is 0 Å². The minimum Gasteiger partial charge on any atom is -0.497 e. The van der Waals surface area contributed by atoms with E-state index in [4.69, 9.17) is 9.47 Å². The third kappa shape index (κ3) is 3.69. The number of aliphatic hydroxyl groups is 1. The number of carbonyl (C=O) groups is 1. The van der Waals surface area contributed by atoms with Gasteiger partial charge in [0.05, 0.1) is 26.4 Å². The van der Waals surface area contributed by atoms with Crippen molar-refractivity contribution >= 4 is 5.91 Å². The molecular weight excluding hydrogens is 284 g/mol. The molecule has 2 rings (SSSR count). The van der Waals surface area contributed by atoms with Crippen LogP contribution in [0.25, 0.3) is 0 Å². The zero-order valence-electron chi connectivity index (χ0n) is 13.6. The summed E-state index contributed by atoms with van der Waals surface area (Å²) in [6, 6.07) is 5.10. The molecule has 0 radical (unpaired) electrons. The molecule has 1 N–H and O–H groups in total. The van der Waals surface area contributed by atoms with E-state index < -0.39 is 5.60 Å². The Balaban J connectivity index is 2.16. The third-order valence-corrected chi connectivity index (χ3v) is 3.83. The highest BCUT2D eigenvalue weighted by Gasteiger charge is 2.38. The highest BCUT2D eigenvalue weighted by Crippen LogP contribution is 2.27. The van der Waals surface area contributed by atoms with Gasteiger partial charge >= 0.3 is 0 Å². The Bertz CT molecular complexity index is 525. The zero-order chi connectivity index (χ0) is 16.3. The molecule has 1 atom stereocenters. The highest BCUT2D eigenvalue weighted by atomic mass is 16.5. The Kier molecular flexibility index (Phi) is 4.93. The van der Waals surface area contributed by atoms with Gasteiger partial charge in [0.25, 0.3) is 5.91 Å². The lowest BCUT2D eigenvalue weighted by Gasteiger charge is -2.26. The third-order valence-electron chi connectivity index (χ3n) is 3.83. The molecule has 6 nitrogen and oxygen atoms in total. The van der Waals surface area contributed by atoms with Crippen molar-refractivity contribution in [2.24, 2.45) is 0 Å². The normalized spacial score (nSPS) is 21.3. The topological polar surface area (TPSA) is 62.2 Å². The molecule has 1 aliphatic rings. The lowest BCUT2D eigenvalue weighted by atomic mass is 10.0. The first-order chi connectivity index (χ1) is 10.4. The summed E-state index contributed by atoms with van der Waals surface area (Å²) < 4.78 is 10.4. The smallest absolute Gasteiger partial charge is 0.254 e. The Labute approximate surface area is 131 Å². The van der Waals surface area contributed by atoms with Crippen molar-refractivity contribution in [1.82, 2.24) is 9.80 Å². The standard InChI is InChI=1S/C16H24N2O4/c1-17(2)10-16(20)5-6-18(11-16)15(19)12-7-13(21-3)9-14(8-12)22-4/h7-9,20H,5-6,10-11H2,1-4H3/t16-/m0/s1. The van der Waals surface area contributed by atoms with Gasteiger partial charge in [0.15, 0.2) is 0 Å². The molecule has 1 aromatic carbocycles. The minimum atomic E-state index is -0.845. The molecule has 1 aliphatic heterocycles. The molecule has 0 saturated carbocycles. The predicted molar refractivity (Wildman–Crippen MR) is 83.6 cm³/mol. The lowest BCUT2D eigenvalue weighted by Crippen LogP contribution is -2.43. The van der Waals surface area contributed by atoms with E-state index in [1.165, 1.54) is 0 Å². The highest BCUT2D eigenvalue weighted by molar-refractivity contribution is 5.95. The first-order valence-electron chi connectivity index (χ1n) is 7.26. The van der Waals surface area contributed by atoms with Crippen molar-refractivity contribution in [2.75, 3.05) is 47.9 Å². The van der Waals surface area contributed by atoms with Crippen LogP contribution in [0.3, 0.4) is 0 Å². The van der Waals surface area contributed by atoms with Crippen LogP contribution in [0.15, 0.2) is 18.2 Å². The van der Waals surface area contributed by atoms with Gasteiger partial charge in [0.1, 0.15) is 11.5 Å². The fourth-order valence-corrected chi connectivity index (χ4v) is 2.86. The van der Waals surface area contributed by atoms with Gasteiger partial charge in [0.2, 0.25) is 0 Å². The molecule has 122 valence electrons. The Hall–Kier alpha value is -1.79. The van der Waals surface area contributed by atoms with Crippen LogP contribution in [0.5, 0.6) is 11.5 Å². The lowest BCUT2D eigenvalue weighted by molar-refractivity contribution is 0.0236. The van der Waals surface area contributed by atoms with Crippen molar-refractivity contribution in [3.8, 4) is 11.5 Å². The van der Waals surface area contributed by atoms with Crippen LogP contribution in [-0.4, -0.2) is 74.4 Å². The van der Waals surface area contributed by atoms with E-state index in [0.29, 0.717) is 43.1 Å². The number of nitrogens with zero attached hydrogens (tertiary/aromatic N) is 2. The van der Waals surface area contributed by atoms with Crippen molar-refractivity contribution in [2.45, 2.75) is 12.0 Å². The molecular formula is C16H24N2O4. The molecule has 0 unspecified atom stereocenters. The van der Waals surface area contributed by atoms with Gasteiger partial charge in [-0.2, -0.15) is 0 Å². The number of ether oxygens (including phenoxy) is 2. The average molecular weight is 308 g/mol. The van der Waals surface area contributed by atoms with Crippen LogP contribution in [0.1, 0.15) is 16.8 Å². The Morgan fingerprint density at radius 3 is 2.36 bits per heavy atom. The van der Waals surface area contributed by atoms with Crippen molar-refractivity contribution in [3.05, 3.63) is 23.8 Å². The number of amides is 1. The fraction of sp³-hybridized carbons (Fsp3) is 0.562. The molecule has 6 heteroatoms. The molecule has 1 fully saturated rings. The number of β-amino-alcohol motifs (C(OH)–C–C–N with tert-alkyl or cyclic N) is 1. The first kappa shape index (κ1) is 16.6. The summed E-state index contributed by atoms with van der Waals surface area (Å²) in [4.78, 5) is 16.3. The summed E-state index contributed by atoms with van der Waals surface area (Å²) in [6.45, 7) is 1.42. The van der Waals surface area contributed by atoms with Crippen LogP contribution >= 0.6 is 0 Å². The Morgan fingerprint density at radius 2 is 1.86 bits per heavy atom. The second-order valence-electron chi connectivity index (χ2n) is 6.04. The van der Waals surface area contributed by atoms with E-state index in [9.17, 15) is 9.90 Å². The van der Waals surface area contributed by atoms with E-state index in [1.54, 1.807) is 37.3 Å². The van der Waals surface area contributed by atoms with E-state index in [1.807, 2.05) is 19.0 Å². The van der Waals surface area contributed by atoms with Crippen molar-refractivity contribution < 1.29 is 19.4 Å². The molecule has 0 aromatic heterocycles. The molecule has 1 heterocycles. The Morgan fingerprint density at radius 1 is 1.27 bits per heavy atom. The van der Waals surface area contributed by atoms with Gasteiger partial charge in [-0.15, -0.1) is 0 Å². The van der Waals surface area contributed by atoms with Crippen LogP contribution in [0, 0.1) is 0 Å². The second-order valence-corrected chi connectivity index (χ2v) is 6.04. The second kappa shape index (κ2) is 6.54. The first-order valence-corrected chi connectivity index (χ1v) is 7.26. The van der Waals surface area contributed by atoms with Crippen molar-refractivity contribution in [3.63, 3.8) is 0 Å². The number of likely N-dealkylation sites (tertiary alicyclic amines) is 1. The van der Waals surface area contributed by atoms with Crippen LogP contribution < -0.4 is 9.47 Å². The van der Waals surface area contributed by atoms with Crippen molar-refractivity contribution in [1.29, 1.82) is 0 Å². The van der Waals surface area contributed by atoms with E-state index in [2.05, 4.69) is 0 Å². The van der Waals surface area contributed by atoms with Crippen LogP contribution in [0.4, 0.5) is 0 Å². The summed E-state index contributed by atoms with van der Waals surface area (Å²) in [6.07, 6.45) is 0.581. The molecule has 1 saturated heterocycles. The largest absolute Gasteiger partial charge is 0.497 e. The summed E-state index contributed by atoms with van der Waals surface area (Å²) in [5.74, 6) is 1.03. The summed E-state index contributed by atoms with van der Waals surface area (Å²) in [5, 5.41) is 10.5. The molecule has 22 heavy (non-hydrogen) atoms. The number of carbonyl (C=O) groups excluding carboxylic acids is 1. The summed E-state index contributed by atoms with van der Waals surface area (Å²) >= 11 is 0. The average Bonchev–Trinajstić information content (AvgIpc) is 2.86. The molecule has 0 bridgehead atoms. The molecule has 1 amide bonds.